The summed E-state index contributed by atoms with van der Waals surface area (Å²) in [7, 11) is 0. The Balaban J connectivity index is 2.51. The van der Waals surface area contributed by atoms with Gasteiger partial charge in [-0.1, -0.05) is 13.0 Å². The van der Waals surface area contributed by atoms with Gasteiger partial charge in [-0.3, -0.25) is 4.98 Å². The zero-order chi connectivity index (χ0) is 13.8. The van der Waals surface area contributed by atoms with E-state index in [2.05, 4.69) is 10.3 Å². The molecule has 0 bridgehead atoms. The molecule has 3 heteroatoms. The zero-order valence-electron chi connectivity index (χ0n) is 11.6. The summed E-state index contributed by atoms with van der Waals surface area (Å²) in [4.78, 5) is 4.02. The van der Waals surface area contributed by atoms with Crippen molar-refractivity contribution in [2.45, 2.75) is 26.8 Å². The van der Waals surface area contributed by atoms with Crippen LogP contribution in [-0.4, -0.2) is 11.5 Å². The van der Waals surface area contributed by atoms with Crippen molar-refractivity contribution in [1.82, 2.24) is 10.3 Å². The first kappa shape index (κ1) is 13.7. The van der Waals surface area contributed by atoms with Crippen LogP contribution >= 0.6 is 0 Å². The van der Waals surface area contributed by atoms with Crippen molar-refractivity contribution in [1.29, 1.82) is 0 Å². The van der Waals surface area contributed by atoms with Gasteiger partial charge in [-0.15, -0.1) is 0 Å². The Morgan fingerprint density at radius 3 is 2.47 bits per heavy atom. The maximum atomic E-state index is 14.3. The SMILES string of the molecule is CCNC(c1ccncc1)c1c(C)cc(C)cc1F. The molecule has 2 nitrogen and oxygen atoms in total. The average Bonchev–Trinajstić information content (AvgIpc) is 2.37. The molecule has 100 valence electrons. The van der Waals surface area contributed by atoms with Crippen molar-refractivity contribution in [2.24, 2.45) is 0 Å². The fourth-order valence-electron chi connectivity index (χ4n) is 2.44. The van der Waals surface area contributed by atoms with Crippen molar-refractivity contribution in [2.75, 3.05) is 6.54 Å². The Bertz CT molecular complexity index is 529. The summed E-state index contributed by atoms with van der Waals surface area (Å²) in [6.07, 6.45) is 3.47. The lowest BCUT2D eigenvalue weighted by Crippen LogP contribution is -2.24. The van der Waals surface area contributed by atoms with Crippen LogP contribution in [0.1, 0.15) is 35.2 Å². The standard InChI is InChI=1S/C16H19FN2/c1-4-19-16(13-5-7-18-8-6-13)15-12(3)9-11(2)10-14(15)17/h5-10,16,19H,4H2,1-3H3. The van der Waals surface area contributed by atoms with Gasteiger partial charge in [0.05, 0.1) is 6.04 Å². The third-order valence-corrected chi connectivity index (χ3v) is 3.22. The van der Waals surface area contributed by atoms with Crippen molar-refractivity contribution in [3.63, 3.8) is 0 Å². The van der Waals surface area contributed by atoms with E-state index in [1.807, 2.05) is 39.0 Å². The minimum Gasteiger partial charge on any atom is -0.306 e. The Kier molecular flexibility index (Phi) is 4.27. The van der Waals surface area contributed by atoms with Crippen molar-refractivity contribution < 1.29 is 4.39 Å². The van der Waals surface area contributed by atoms with Gasteiger partial charge in [0.25, 0.3) is 0 Å². The highest BCUT2D eigenvalue weighted by Gasteiger charge is 2.19. The topological polar surface area (TPSA) is 24.9 Å². The van der Waals surface area contributed by atoms with Gasteiger partial charge in [-0.25, -0.2) is 4.39 Å². The van der Waals surface area contributed by atoms with Crippen LogP contribution in [0, 0.1) is 19.7 Å². The molecule has 0 fully saturated rings. The Morgan fingerprint density at radius 2 is 1.89 bits per heavy atom. The summed E-state index contributed by atoms with van der Waals surface area (Å²) in [6.45, 7) is 6.67. The molecule has 1 aromatic carbocycles. The van der Waals surface area contributed by atoms with E-state index in [-0.39, 0.29) is 11.9 Å². The van der Waals surface area contributed by atoms with Gasteiger partial charge in [-0.2, -0.15) is 0 Å². The minimum atomic E-state index is -0.153. The first-order valence-corrected chi connectivity index (χ1v) is 6.53. The average molecular weight is 258 g/mol. The fourth-order valence-corrected chi connectivity index (χ4v) is 2.44. The number of rotatable bonds is 4. The van der Waals surface area contributed by atoms with Gasteiger partial charge < -0.3 is 5.32 Å². The second-order valence-corrected chi connectivity index (χ2v) is 4.75. The second-order valence-electron chi connectivity index (χ2n) is 4.75. The van der Waals surface area contributed by atoms with Crippen molar-refractivity contribution in [3.05, 3.63) is 64.7 Å². The zero-order valence-corrected chi connectivity index (χ0v) is 11.6. The summed E-state index contributed by atoms with van der Waals surface area (Å²) in [5.74, 6) is -0.153. The van der Waals surface area contributed by atoms with Gasteiger partial charge in [0.1, 0.15) is 5.82 Å². The highest BCUT2D eigenvalue weighted by Crippen LogP contribution is 2.28. The molecule has 1 unspecified atom stereocenters. The number of aromatic nitrogens is 1. The van der Waals surface area contributed by atoms with E-state index in [0.717, 1.165) is 28.8 Å². The Morgan fingerprint density at radius 1 is 1.21 bits per heavy atom. The first-order valence-electron chi connectivity index (χ1n) is 6.53. The number of benzene rings is 1. The predicted molar refractivity (Wildman–Crippen MR) is 75.6 cm³/mol. The molecule has 2 aromatic rings. The molecular weight excluding hydrogens is 239 g/mol. The number of pyridine rings is 1. The van der Waals surface area contributed by atoms with E-state index in [9.17, 15) is 4.39 Å². The number of hydrogen-bond acceptors (Lipinski definition) is 2. The maximum Gasteiger partial charge on any atom is 0.128 e. The van der Waals surface area contributed by atoms with Gasteiger partial charge in [0, 0.05) is 18.0 Å². The third-order valence-electron chi connectivity index (χ3n) is 3.22. The number of nitrogens with zero attached hydrogens (tertiary/aromatic N) is 1. The number of nitrogens with one attached hydrogen (secondary N) is 1. The third kappa shape index (κ3) is 2.99. The van der Waals surface area contributed by atoms with E-state index in [0.29, 0.717) is 0 Å². The molecule has 1 aromatic heterocycles. The molecule has 1 heterocycles. The molecule has 0 amide bonds. The number of halogens is 1. The second kappa shape index (κ2) is 5.93. The molecule has 0 spiro atoms. The highest BCUT2D eigenvalue weighted by molar-refractivity contribution is 5.39. The summed E-state index contributed by atoms with van der Waals surface area (Å²) >= 11 is 0. The van der Waals surface area contributed by atoms with Crippen LogP contribution in [0.15, 0.2) is 36.7 Å². The van der Waals surface area contributed by atoms with Crippen LogP contribution in [0.25, 0.3) is 0 Å². The molecule has 0 saturated heterocycles. The molecule has 19 heavy (non-hydrogen) atoms. The fraction of sp³-hybridized carbons (Fsp3) is 0.312. The molecule has 0 aliphatic heterocycles. The molecule has 0 aliphatic rings. The summed E-state index contributed by atoms with van der Waals surface area (Å²) in [6, 6.07) is 7.32. The van der Waals surface area contributed by atoms with Gasteiger partial charge >= 0.3 is 0 Å². The smallest absolute Gasteiger partial charge is 0.128 e. The monoisotopic (exact) mass is 258 g/mol. The quantitative estimate of drug-likeness (QED) is 0.907. The number of aryl methyl sites for hydroxylation is 2. The highest BCUT2D eigenvalue weighted by atomic mass is 19.1. The summed E-state index contributed by atoms with van der Waals surface area (Å²) < 4.78 is 14.3. The lowest BCUT2D eigenvalue weighted by Gasteiger charge is -2.22. The van der Waals surface area contributed by atoms with Gasteiger partial charge in [0.15, 0.2) is 0 Å². The molecule has 0 radical (unpaired) electrons. The minimum absolute atomic E-state index is 0.131. The molecule has 0 aliphatic carbocycles. The van der Waals surface area contributed by atoms with Crippen LogP contribution < -0.4 is 5.32 Å². The van der Waals surface area contributed by atoms with E-state index in [1.54, 1.807) is 18.5 Å². The molecular formula is C16H19FN2. The molecule has 2 rings (SSSR count). The normalized spacial score (nSPS) is 12.4. The molecule has 1 atom stereocenters. The van der Waals surface area contributed by atoms with E-state index >= 15 is 0 Å². The van der Waals surface area contributed by atoms with Gasteiger partial charge in [-0.05, 0) is 55.3 Å². The first-order chi connectivity index (χ1) is 9.13. The van der Waals surface area contributed by atoms with Crippen LogP contribution in [0.4, 0.5) is 4.39 Å². The lowest BCUT2D eigenvalue weighted by atomic mass is 9.93. The lowest BCUT2D eigenvalue weighted by molar-refractivity contribution is 0.555. The van der Waals surface area contributed by atoms with Crippen LogP contribution in [-0.2, 0) is 0 Å². The van der Waals surface area contributed by atoms with E-state index in [1.165, 1.54) is 0 Å². The summed E-state index contributed by atoms with van der Waals surface area (Å²) in [5, 5.41) is 3.35. The Labute approximate surface area is 113 Å². The van der Waals surface area contributed by atoms with Crippen LogP contribution in [0.2, 0.25) is 0 Å². The van der Waals surface area contributed by atoms with Crippen molar-refractivity contribution in [3.8, 4) is 0 Å². The van der Waals surface area contributed by atoms with Crippen LogP contribution in [0.5, 0.6) is 0 Å². The van der Waals surface area contributed by atoms with E-state index in [4.69, 9.17) is 0 Å². The van der Waals surface area contributed by atoms with Crippen molar-refractivity contribution >= 4 is 0 Å². The number of hydrogen-bond donors (Lipinski definition) is 1. The summed E-state index contributed by atoms with van der Waals surface area (Å²) in [5.41, 5.74) is 3.67. The largest absolute Gasteiger partial charge is 0.306 e. The maximum absolute atomic E-state index is 14.3. The van der Waals surface area contributed by atoms with Gasteiger partial charge in [0.2, 0.25) is 0 Å². The Hall–Kier alpha value is -1.74. The molecule has 0 saturated carbocycles. The van der Waals surface area contributed by atoms with E-state index < -0.39 is 0 Å². The predicted octanol–water partition coefficient (Wildman–Crippen LogP) is 3.54. The van der Waals surface area contributed by atoms with Crippen LogP contribution in [0.3, 0.4) is 0 Å². The molecule has 1 N–H and O–H groups in total.